The minimum absolute atomic E-state index is 0.372. The predicted octanol–water partition coefficient (Wildman–Crippen LogP) is 1.50. The Hall–Kier alpha value is -2.23. The number of carbonyl (C=O) groups is 1. The van der Waals surface area contributed by atoms with Gasteiger partial charge < -0.3 is 14.8 Å². The predicted molar refractivity (Wildman–Crippen MR) is 59.7 cm³/mol. The molecular weight excluding hydrogens is 204 g/mol. The van der Waals surface area contributed by atoms with Gasteiger partial charge in [-0.15, -0.1) is 0 Å². The number of benzene rings is 1. The monoisotopic (exact) mass is 214 g/mol. The number of rotatable bonds is 2. The van der Waals surface area contributed by atoms with Crippen molar-refractivity contribution in [1.29, 1.82) is 0 Å². The van der Waals surface area contributed by atoms with Crippen molar-refractivity contribution in [3.8, 4) is 5.75 Å². The highest BCUT2D eigenvalue weighted by Gasteiger charge is 2.23. The fraction of sp³-hybridized carbons (Fsp3) is 0.0833. The van der Waals surface area contributed by atoms with Gasteiger partial charge >= 0.3 is 0 Å². The smallest absolute Gasteiger partial charge is 0.154 e. The zero-order valence-corrected chi connectivity index (χ0v) is 8.51. The zero-order chi connectivity index (χ0) is 11.0. The minimum Gasteiger partial charge on any atom is -0.459 e. The number of hydrogen-bond acceptors (Lipinski definition) is 4. The fourth-order valence-corrected chi connectivity index (χ4v) is 1.91. The molecular formula is C12H10N2O2. The Morgan fingerprint density at radius 2 is 2.38 bits per heavy atom. The minimum atomic E-state index is 0.372. The Bertz CT molecular complexity index is 506. The normalized spacial score (nSPS) is 15.8. The molecule has 4 heteroatoms. The number of para-hydroxylation sites is 1. The molecule has 0 atom stereocenters. The van der Waals surface area contributed by atoms with Gasteiger partial charge in [-0.1, -0.05) is 12.1 Å². The molecule has 0 fully saturated rings. The number of ether oxygens (including phenoxy) is 1. The van der Waals surface area contributed by atoms with Crippen molar-refractivity contribution in [2.45, 2.75) is 6.42 Å². The van der Waals surface area contributed by atoms with Gasteiger partial charge in [-0.3, -0.25) is 4.90 Å². The Balaban J connectivity index is 2.10. The standard InChI is InChI=1S/C12H10N2O2/c15-7-4-9-2-1-3-10-12(9)16-8-11-13-5-6-14(10)11/h1-3,5-8,13H,4H2. The van der Waals surface area contributed by atoms with Gasteiger partial charge in [-0.05, 0) is 6.07 Å². The van der Waals surface area contributed by atoms with Crippen LogP contribution in [0.25, 0.3) is 0 Å². The molecule has 16 heavy (non-hydrogen) atoms. The van der Waals surface area contributed by atoms with Crippen molar-refractivity contribution in [2.75, 3.05) is 4.90 Å². The Morgan fingerprint density at radius 3 is 3.25 bits per heavy atom. The van der Waals surface area contributed by atoms with Gasteiger partial charge in [0.2, 0.25) is 0 Å². The van der Waals surface area contributed by atoms with Crippen LogP contribution >= 0.6 is 0 Å². The molecule has 1 aromatic carbocycles. The number of hydrogen-bond donors (Lipinski definition) is 1. The molecule has 2 aliphatic rings. The number of anilines is 1. The SMILES string of the molecule is O=CCc1cccc2c1OC=C1NC=CN12. The Morgan fingerprint density at radius 1 is 1.44 bits per heavy atom. The molecule has 4 nitrogen and oxygen atoms in total. The molecule has 1 N–H and O–H groups in total. The van der Waals surface area contributed by atoms with E-state index < -0.39 is 0 Å². The van der Waals surface area contributed by atoms with E-state index in [-0.39, 0.29) is 0 Å². The summed E-state index contributed by atoms with van der Waals surface area (Å²) in [6.45, 7) is 0. The first kappa shape index (κ1) is 9.03. The van der Waals surface area contributed by atoms with E-state index in [1.807, 2.05) is 35.5 Å². The molecule has 0 aromatic heterocycles. The largest absolute Gasteiger partial charge is 0.459 e. The number of nitrogens with zero attached hydrogens (tertiary/aromatic N) is 1. The molecule has 0 amide bonds. The summed E-state index contributed by atoms with van der Waals surface area (Å²) in [5.41, 5.74) is 1.86. The highest BCUT2D eigenvalue weighted by Crippen LogP contribution is 2.38. The molecule has 2 heterocycles. The molecule has 2 aliphatic heterocycles. The van der Waals surface area contributed by atoms with Crippen LogP contribution < -0.4 is 15.0 Å². The Kier molecular flexibility index (Phi) is 1.93. The lowest BCUT2D eigenvalue weighted by Gasteiger charge is -2.25. The third kappa shape index (κ3) is 1.20. The summed E-state index contributed by atoms with van der Waals surface area (Å²) in [6.07, 6.45) is 6.68. The van der Waals surface area contributed by atoms with Crippen molar-refractivity contribution in [3.05, 3.63) is 48.2 Å². The summed E-state index contributed by atoms with van der Waals surface area (Å²) >= 11 is 0. The first-order valence-corrected chi connectivity index (χ1v) is 5.05. The quantitative estimate of drug-likeness (QED) is 0.757. The summed E-state index contributed by atoms with van der Waals surface area (Å²) in [4.78, 5) is 12.6. The number of fused-ring (bicyclic) bond motifs is 3. The number of nitrogens with one attached hydrogen (secondary N) is 1. The van der Waals surface area contributed by atoms with E-state index in [1.165, 1.54) is 0 Å². The lowest BCUT2D eigenvalue weighted by atomic mass is 10.1. The van der Waals surface area contributed by atoms with Gasteiger partial charge in [0.05, 0.1) is 5.69 Å². The number of carbonyl (C=O) groups excluding carboxylic acids is 1. The molecule has 3 rings (SSSR count). The van der Waals surface area contributed by atoms with Crippen molar-refractivity contribution < 1.29 is 9.53 Å². The molecule has 0 saturated heterocycles. The second-order valence-corrected chi connectivity index (χ2v) is 3.59. The Labute approximate surface area is 92.8 Å². The maximum atomic E-state index is 10.6. The van der Waals surface area contributed by atoms with Crippen LogP contribution in [0.15, 0.2) is 42.7 Å². The lowest BCUT2D eigenvalue weighted by Crippen LogP contribution is -2.22. The summed E-state index contributed by atoms with van der Waals surface area (Å²) < 4.78 is 5.56. The van der Waals surface area contributed by atoms with Gasteiger partial charge in [0.1, 0.15) is 12.5 Å². The first-order chi connectivity index (χ1) is 7.90. The maximum Gasteiger partial charge on any atom is 0.154 e. The third-order valence-corrected chi connectivity index (χ3v) is 2.64. The van der Waals surface area contributed by atoms with Gasteiger partial charge in [-0.2, -0.15) is 0 Å². The number of aldehydes is 1. The van der Waals surface area contributed by atoms with Crippen LogP contribution in [0.3, 0.4) is 0 Å². The van der Waals surface area contributed by atoms with Gasteiger partial charge in [0, 0.05) is 24.4 Å². The van der Waals surface area contributed by atoms with Crippen LogP contribution in [0.1, 0.15) is 5.56 Å². The van der Waals surface area contributed by atoms with Crippen LogP contribution in [-0.4, -0.2) is 6.29 Å². The van der Waals surface area contributed by atoms with E-state index in [1.54, 1.807) is 6.26 Å². The van der Waals surface area contributed by atoms with E-state index in [2.05, 4.69) is 5.32 Å². The van der Waals surface area contributed by atoms with E-state index in [0.29, 0.717) is 6.42 Å². The van der Waals surface area contributed by atoms with Crippen LogP contribution in [0.5, 0.6) is 5.75 Å². The van der Waals surface area contributed by atoms with Gasteiger partial charge in [-0.25, -0.2) is 0 Å². The van der Waals surface area contributed by atoms with Gasteiger partial charge in [0.15, 0.2) is 11.6 Å². The molecule has 0 aliphatic carbocycles. The molecule has 1 aromatic rings. The third-order valence-electron chi connectivity index (χ3n) is 2.64. The van der Waals surface area contributed by atoms with Crippen molar-refractivity contribution in [1.82, 2.24) is 5.32 Å². The second-order valence-electron chi connectivity index (χ2n) is 3.59. The lowest BCUT2D eigenvalue weighted by molar-refractivity contribution is -0.107. The molecule has 0 saturated carbocycles. The van der Waals surface area contributed by atoms with Crippen LogP contribution in [-0.2, 0) is 11.2 Å². The molecule has 0 spiro atoms. The molecule has 80 valence electrons. The van der Waals surface area contributed by atoms with E-state index in [0.717, 1.165) is 29.1 Å². The maximum absolute atomic E-state index is 10.6. The first-order valence-electron chi connectivity index (χ1n) is 5.05. The van der Waals surface area contributed by atoms with Crippen LogP contribution in [0.2, 0.25) is 0 Å². The van der Waals surface area contributed by atoms with Crippen molar-refractivity contribution >= 4 is 12.0 Å². The van der Waals surface area contributed by atoms with E-state index in [4.69, 9.17) is 4.74 Å². The van der Waals surface area contributed by atoms with E-state index in [9.17, 15) is 4.79 Å². The average molecular weight is 214 g/mol. The van der Waals surface area contributed by atoms with Crippen molar-refractivity contribution in [2.24, 2.45) is 0 Å². The summed E-state index contributed by atoms with van der Waals surface area (Å²) in [6, 6.07) is 5.80. The molecule has 0 bridgehead atoms. The summed E-state index contributed by atoms with van der Waals surface area (Å²) in [5.74, 6) is 1.64. The highest BCUT2D eigenvalue weighted by atomic mass is 16.5. The zero-order valence-electron chi connectivity index (χ0n) is 8.51. The van der Waals surface area contributed by atoms with Gasteiger partial charge in [0.25, 0.3) is 0 Å². The van der Waals surface area contributed by atoms with E-state index >= 15 is 0 Å². The molecule has 0 unspecified atom stereocenters. The summed E-state index contributed by atoms with van der Waals surface area (Å²) in [7, 11) is 0. The average Bonchev–Trinajstić information content (AvgIpc) is 2.78. The topological polar surface area (TPSA) is 41.6 Å². The van der Waals surface area contributed by atoms with Crippen molar-refractivity contribution in [3.63, 3.8) is 0 Å². The molecule has 0 radical (unpaired) electrons. The fourth-order valence-electron chi connectivity index (χ4n) is 1.91. The van der Waals surface area contributed by atoms with Crippen LogP contribution in [0, 0.1) is 0 Å². The van der Waals surface area contributed by atoms with Crippen LogP contribution in [0.4, 0.5) is 5.69 Å². The second kappa shape index (κ2) is 3.41. The highest BCUT2D eigenvalue weighted by molar-refractivity contribution is 5.72. The summed E-state index contributed by atoms with van der Waals surface area (Å²) in [5, 5.41) is 3.06.